The predicted molar refractivity (Wildman–Crippen MR) is 73.7 cm³/mol. The quantitative estimate of drug-likeness (QED) is 0.915. The van der Waals surface area contributed by atoms with Crippen LogP contribution in [-0.2, 0) is 4.79 Å². The summed E-state index contributed by atoms with van der Waals surface area (Å²) in [6.07, 6.45) is 1.10. The molecule has 0 radical (unpaired) electrons. The summed E-state index contributed by atoms with van der Waals surface area (Å²) in [4.78, 5) is 25.2. The molecule has 0 saturated carbocycles. The van der Waals surface area contributed by atoms with Crippen molar-refractivity contribution in [1.82, 2.24) is 10.2 Å². The van der Waals surface area contributed by atoms with Crippen LogP contribution in [0.1, 0.15) is 29.6 Å². The number of piperidine rings is 1. The number of halogens is 1. The van der Waals surface area contributed by atoms with Crippen molar-refractivity contribution in [2.75, 3.05) is 13.1 Å². The first kappa shape index (κ1) is 15.0. The largest absolute Gasteiger partial charge is 0.349 e. The van der Waals surface area contributed by atoms with E-state index in [9.17, 15) is 14.0 Å². The Kier molecular flexibility index (Phi) is 4.88. The minimum Gasteiger partial charge on any atom is -0.349 e. The highest BCUT2D eigenvalue weighted by Gasteiger charge is 2.24. The first-order valence-corrected chi connectivity index (χ1v) is 6.82. The Morgan fingerprint density at radius 1 is 1.33 bits per heavy atom. The lowest BCUT2D eigenvalue weighted by molar-refractivity contribution is -0.131. The summed E-state index contributed by atoms with van der Waals surface area (Å²) < 4.78 is 13.5. The highest BCUT2D eigenvalue weighted by molar-refractivity contribution is 5.94. The van der Waals surface area contributed by atoms with Gasteiger partial charge >= 0.3 is 0 Å². The Morgan fingerprint density at radius 3 is 2.62 bits per heavy atom. The van der Waals surface area contributed by atoms with Gasteiger partial charge in [-0.3, -0.25) is 9.59 Å². The molecule has 0 unspecified atom stereocenters. The van der Waals surface area contributed by atoms with Gasteiger partial charge in [0.25, 0.3) is 5.91 Å². The molecule has 2 amide bonds. The number of carbonyl (C=O) groups excluding carboxylic acids is 2. The van der Waals surface area contributed by atoms with Gasteiger partial charge < -0.3 is 10.2 Å². The lowest BCUT2D eigenvalue weighted by atomic mass is 10.0. The van der Waals surface area contributed by atoms with Crippen LogP contribution in [0.15, 0.2) is 24.3 Å². The SMILES string of the molecule is N#CCC(=O)N1CCC(NC(=O)c2ccccc2F)CC1. The zero-order valence-electron chi connectivity index (χ0n) is 11.5. The second-order valence-electron chi connectivity index (χ2n) is 4.94. The number of nitrogens with zero attached hydrogens (tertiary/aromatic N) is 2. The third-order valence-electron chi connectivity index (χ3n) is 3.53. The van der Waals surface area contributed by atoms with Crippen LogP contribution < -0.4 is 5.32 Å². The van der Waals surface area contributed by atoms with Crippen LogP contribution in [0.3, 0.4) is 0 Å². The number of amides is 2. The molecule has 1 aliphatic rings. The number of hydrogen-bond donors (Lipinski definition) is 1. The van der Waals surface area contributed by atoms with Gasteiger partial charge in [0.15, 0.2) is 0 Å². The zero-order chi connectivity index (χ0) is 15.2. The zero-order valence-corrected chi connectivity index (χ0v) is 11.5. The van der Waals surface area contributed by atoms with Crippen molar-refractivity contribution in [3.8, 4) is 6.07 Å². The third-order valence-corrected chi connectivity index (χ3v) is 3.53. The van der Waals surface area contributed by atoms with Crippen LogP contribution in [0.4, 0.5) is 4.39 Å². The van der Waals surface area contributed by atoms with Crippen molar-refractivity contribution in [3.05, 3.63) is 35.6 Å². The van der Waals surface area contributed by atoms with E-state index in [2.05, 4.69) is 5.32 Å². The Labute approximate surface area is 122 Å². The molecule has 0 spiro atoms. The summed E-state index contributed by atoms with van der Waals surface area (Å²) in [7, 11) is 0. The Hall–Kier alpha value is -2.42. The van der Waals surface area contributed by atoms with E-state index in [4.69, 9.17) is 5.26 Å². The Bertz CT molecular complexity index is 575. The molecule has 21 heavy (non-hydrogen) atoms. The molecule has 6 heteroatoms. The maximum atomic E-state index is 13.5. The molecule has 1 heterocycles. The van der Waals surface area contributed by atoms with Gasteiger partial charge in [-0.25, -0.2) is 4.39 Å². The van der Waals surface area contributed by atoms with Gasteiger partial charge in [0.2, 0.25) is 5.91 Å². The highest BCUT2D eigenvalue weighted by Crippen LogP contribution is 2.13. The van der Waals surface area contributed by atoms with Crippen molar-refractivity contribution >= 4 is 11.8 Å². The Morgan fingerprint density at radius 2 is 2.00 bits per heavy atom. The molecule has 1 aliphatic heterocycles. The molecule has 0 aliphatic carbocycles. The smallest absolute Gasteiger partial charge is 0.254 e. The van der Waals surface area contributed by atoms with E-state index in [0.717, 1.165) is 0 Å². The van der Waals surface area contributed by atoms with E-state index >= 15 is 0 Å². The molecule has 1 N–H and O–H groups in total. The second kappa shape index (κ2) is 6.84. The van der Waals surface area contributed by atoms with E-state index in [1.807, 2.05) is 6.07 Å². The van der Waals surface area contributed by atoms with Gasteiger partial charge in [0.05, 0.1) is 11.6 Å². The molecule has 1 aromatic carbocycles. The summed E-state index contributed by atoms with van der Waals surface area (Å²) in [6.45, 7) is 1.01. The second-order valence-corrected chi connectivity index (χ2v) is 4.94. The van der Waals surface area contributed by atoms with Gasteiger partial charge in [-0.05, 0) is 25.0 Å². The number of nitrogens with one attached hydrogen (secondary N) is 1. The molecule has 0 atom stereocenters. The third kappa shape index (κ3) is 3.78. The summed E-state index contributed by atoms with van der Waals surface area (Å²) >= 11 is 0. The molecule has 110 valence electrons. The van der Waals surface area contributed by atoms with Crippen LogP contribution in [0.5, 0.6) is 0 Å². The van der Waals surface area contributed by atoms with Crippen molar-refractivity contribution < 1.29 is 14.0 Å². The Balaban J connectivity index is 1.87. The molecule has 0 bridgehead atoms. The number of rotatable bonds is 3. The molecule has 0 aromatic heterocycles. The van der Waals surface area contributed by atoms with Gasteiger partial charge in [-0.2, -0.15) is 5.26 Å². The first-order chi connectivity index (χ1) is 10.1. The number of carbonyl (C=O) groups is 2. The summed E-state index contributed by atoms with van der Waals surface area (Å²) in [5.41, 5.74) is 0.0282. The maximum absolute atomic E-state index is 13.5. The lowest BCUT2D eigenvalue weighted by Crippen LogP contribution is -2.46. The maximum Gasteiger partial charge on any atom is 0.254 e. The lowest BCUT2D eigenvalue weighted by Gasteiger charge is -2.32. The molecule has 2 rings (SSSR count). The number of hydrogen-bond acceptors (Lipinski definition) is 3. The fourth-order valence-corrected chi connectivity index (χ4v) is 2.36. The van der Waals surface area contributed by atoms with E-state index in [0.29, 0.717) is 25.9 Å². The van der Waals surface area contributed by atoms with Gasteiger partial charge in [-0.15, -0.1) is 0 Å². The van der Waals surface area contributed by atoms with Crippen molar-refractivity contribution in [1.29, 1.82) is 5.26 Å². The van der Waals surface area contributed by atoms with Crippen LogP contribution in [0, 0.1) is 17.1 Å². The summed E-state index contributed by atoms with van der Waals surface area (Å²) in [6, 6.07) is 7.59. The topological polar surface area (TPSA) is 73.2 Å². The summed E-state index contributed by atoms with van der Waals surface area (Å²) in [5, 5.41) is 11.3. The van der Waals surface area contributed by atoms with Crippen molar-refractivity contribution in [2.24, 2.45) is 0 Å². The van der Waals surface area contributed by atoms with Crippen LogP contribution in [0.2, 0.25) is 0 Å². The average Bonchev–Trinajstić information content (AvgIpc) is 2.48. The minimum absolute atomic E-state index is 0.0282. The van der Waals surface area contributed by atoms with Crippen LogP contribution >= 0.6 is 0 Å². The first-order valence-electron chi connectivity index (χ1n) is 6.82. The van der Waals surface area contributed by atoms with Crippen LogP contribution in [-0.4, -0.2) is 35.8 Å². The van der Waals surface area contributed by atoms with E-state index in [-0.39, 0.29) is 23.9 Å². The van der Waals surface area contributed by atoms with E-state index in [1.165, 1.54) is 18.2 Å². The molecule has 1 aromatic rings. The number of nitriles is 1. The molecule has 5 nitrogen and oxygen atoms in total. The van der Waals surface area contributed by atoms with E-state index in [1.54, 1.807) is 11.0 Å². The number of benzene rings is 1. The van der Waals surface area contributed by atoms with Gasteiger partial charge in [0.1, 0.15) is 12.2 Å². The average molecular weight is 289 g/mol. The summed E-state index contributed by atoms with van der Waals surface area (Å²) in [5.74, 6) is -1.16. The highest BCUT2D eigenvalue weighted by atomic mass is 19.1. The monoisotopic (exact) mass is 289 g/mol. The molecular weight excluding hydrogens is 273 g/mol. The number of likely N-dealkylation sites (tertiary alicyclic amines) is 1. The van der Waals surface area contributed by atoms with Crippen LogP contribution in [0.25, 0.3) is 0 Å². The normalized spacial score (nSPS) is 15.3. The van der Waals surface area contributed by atoms with Gasteiger partial charge in [0, 0.05) is 19.1 Å². The predicted octanol–water partition coefficient (Wildman–Crippen LogP) is 1.46. The molecule has 1 fully saturated rings. The standard InChI is InChI=1S/C15H16FN3O2/c16-13-4-2-1-3-12(13)15(21)18-11-6-9-19(10-7-11)14(20)5-8-17/h1-4,11H,5-7,9-10H2,(H,18,21). The molecular formula is C15H16FN3O2. The van der Waals surface area contributed by atoms with Gasteiger partial charge in [-0.1, -0.05) is 12.1 Å². The van der Waals surface area contributed by atoms with Crippen molar-refractivity contribution in [2.45, 2.75) is 25.3 Å². The molecule has 1 saturated heterocycles. The fraction of sp³-hybridized carbons (Fsp3) is 0.400. The fourth-order valence-electron chi connectivity index (χ4n) is 2.36. The van der Waals surface area contributed by atoms with E-state index < -0.39 is 11.7 Å². The minimum atomic E-state index is -0.545. The van der Waals surface area contributed by atoms with Crippen molar-refractivity contribution in [3.63, 3.8) is 0 Å².